The molecule has 0 spiro atoms. The molecule has 2 unspecified atom stereocenters. The fourth-order valence-corrected chi connectivity index (χ4v) is 4.43. The third-order valence-corrected chi connectivity index (χ3v) is 6.40. The summed E-state index contributed by atoms with van der Waals surface area (Å²) in [5.74, 6) is 0.574. The van der Waals surface area contributed by atoms with E-state index in [4.69, 9.17) is 9.47 Å². The number of carbonyl (C=O) groups excluding carboxylic acids is 3. The minimum Gasteiger partial charge on any atom is -0.497 e. The molecule has 2 aromatic rings. The van der Waals surface area contributed by atoms with Crippen molar-refractivity contribution in [1.82, 2.24) is 10.2 Å². The molecular weight excluding hydrogens is 490 g/mol. The van der Waals surface area contributed by atoms with E-state index in [-0.39, 0.29) is 11.8 Å². The zero-order valence-corrected chi connectivity index (χ0v) is 23.8. The molecular formula is C28H39N3O5S. The van der Waals surface area contributed by atoms with E-state index in [1.54, 1.807) is 71.0 Å². The number of benzene rings is 2. The Bertz CT molecular complexity index is 1060. The van der Waals surface area contributed by atoms with E-state index in [0.717, 1.165) is 16.7 Å². The molecule has 0 heterocycles. The SMILES string of the molecule is COc1ccc(NC(=O)C(c2c(C)cccc2C)N(C)C(=O)C(CCSC)NC(=O)OC(C)(C)C)cc1. The lowest BCUT2D eigenvalue weighted by Crippen LogP contribution is -2.51. The van der Waals surface area contributed by atoms with Crippen LogP contribution in [0.2, 0.25) is 0 Å². The van der Waals surface area contributed by atoms with E-state index >= 15 is 0 Å². The quantitative estimate of drug-likeness (QED) is 0.445. The number of alkyl carbamates (subject to hydrolysis) is 1. The van der Waals surface area contributed by atoms with Gasteiger partial charge in [0.1, 0.15) is 23.4 Å². The summed E-state index contributed by atoms with van der Waals surface area (Å²) in [6.07, 6.45) is 1.65. The van der Waals surface area contributed by atoms with E-state index in [2.05, 4.69) is 10.6 Å². The zero-order chi connectivity index (χ0) is 27.8. The number of rotatable bonds is 10. The molecule has 3 amide bonds. The number of carbonyl (C=O) groups is 3. The van der Waals surface area contributed by atoms with Crippen molar-refractivity contribution in [3.63, 3.8) is 0 Å². The van der Waals surface area contributed by atoms with Gasteiger partial charge < -0.3 is 25.0 Å². The van der Waals surface area contributed by atoms with E-state index in [9.17, 15) is 14.4 Å². The van der Waals surface area contributed by atoms with Gasteiger partial charge in [-0.05, 0) is 94.0 Å². The third kappa shape index (κ3) is 8.70. The Morgan fingerprint density at radius 3 is 2.14 bits per heavy atom. The van der Waals surface area contributed by atoms with Gasteiger partial charge in [-0.15, -0.1) is 0 Å². The second-order valence-corrected chi connectivity index (χ2v) is 10.8. The van der Waals surface area contributed by atoms with Crippen LogP contribution in [0, 0.1) is 13.8 Å². The summed E-state index contributed by atoms with van der Waals surface area (Å²) in [5, 5.41) is 5.65. The molecule has 2 aromatic carbocycles. The number of likely N-dealkylation sites (N-methyl/N-ethyl adjacent to an activating group) is 1. The summed E-state index contributed by atoms with van der Waals surface area (Å²) >= 11 is 1.57. The first kappa shape index (κ1) is 30.0. The molecule has 0 saturated carbocycles. The highest BCUT2D eigenvalue weighted by Gasteiger charge is 2.35. The molecule has 2 atom stereocenters. The molecule has 0 bridgehead atoms. The summed E-state index contributed by atoms with van der Waals surface area (Å²) in [5.41, 5.74) is 2.38. The highest BCUT2D eigenvalue weighted by Crippen LogP contribution is 2.29. The van der Waals surface area contributed by atoms with Crippen molar-refractivity contribution >= 4 is 35.4 Å². The topological polar surface area (TPSA) is 97.0 Å². The second-order valence-electron chi connectivity index (χ2n) is 9.86. The number of nitrogens with one attached hydrogen (secondary N) is 2. The Balaban J connectivity index is 2.42. The fraction of sp³-hybridized carbons (Fsp3) is 0.464. The number of nitrogens with zero attached hydrogens (tertiary/aromatic N) is 1. The number of thioether (sulfide) groups is 1. The number of methoxy groups -OCH3 is 1. The van der Waals surface area contributed by atoms with Crippen molar-refractivity contribution in [2.75, 3.05) is 31.5 Å². The molecule has 8 nitrogen and oxygen atoms in total. The first-order valence-electron chi connectivity index (χ1n) is 12.1. The van der Waals surface area contributed by atoms with Gasteiger partial charge in [0.15, 0.2) is 0 Å². The van der Waals surface area contributed by atoms with E-state index < -0.39 is 23.8 Å². The molecule has 2 N–H and O–H groups in total. The number of hydrogen-bond acceptors (Lipinski definition) is 6. The maximum atomic E-state index is 13.8. The van der Waals surface area contributed by atoms with Crippen molar-refractivity contribution < 1.29 is 23.9 Å². The molecule has 0 saturated heterocycles. The summed E-state index contributed by atoms with van der Waals surface area (Å²) in [6, 6.07) is 11.0. The average Bonchev–Trinajstić information content (AvgIpc) is 2.82. The highest BCUT2D eigenvalue weighted by atomic mass is 32.2. The predicted molar refractivity (Wildman–Crippen MR) is 149 cm³/mol. The largest absolute Gasteiger partial charge is 0.497 e. The van der Waals surface area contributed by atoms with Gasteiger partial charge in [0.2, 0.25) is 5.91 Å². The van der Waals surface area contributed by atoms with Gasteiger partial charge in [-0.1, -0.05) is 18.2 Å². The van der Waals surface area contributed by atoms with Crippen molar-refractivity contribution in [3.8, 4) is 5.75 Å². The monoisotopic (exact) mass is 529 g/mol. The van der Waals surface area contributed by atoms with Crippen molar-refractivity contribution in [2.45, 2.75) is 58.7 Å². The summed E-state index contributed by atoms with van der Waals surface area (Å²) < 4.78 is 10.6. The average molecular weight is 530 g/mol. The van der Waals surface area contributed by atoms with Crippen LogP contribution in [0.3, 0.4) is 0 Å². The standard InChI is InChI=1S/C28H39N3O5S/c1-18-10-9-11-19(2)23(18)24(25(32)29-20-12-14-21(35-7)15-13-20)31(6)26(33)22(16-17-37-8)30-27(34)36-28(3,4)5/h9-15,22,24H,16-17H2,1-8H3,(H,29,32)(H,30,34). The molecule has 37 heavy (non-hydrogen) atoms. The van der Waals surface area contributed by atoms with Crippen LogP contribution < -0.4 is 15.4 Å². The Hall–Kier alpha value is -3.20. The Morgan fingerprint density at radius 1 is 1.03 bits per heavy atom. The summed E-state index contributed by atoms with van der Waals surface area (Å²) in [6.45, 7) is 9.12. The van der Waals surface area contributed by atoms with Crippen LogP contribution in [-0.2, 0) is 14.3 Å². The van der Waals surface area contributed by atoms with Crippen molar-refractivity contribution in [2.24, 2.45) is 0 Å². The van der Waals surface area contributed by atoms with Gasteiger partial charge >= 0.3 is 6.09 Å². The second kappa shape index (κ2) is 13.4. The van der Waals surface area contributed by atoms with Gasteiger partial charge in [-0.2, -0.15) is 11.8 Å². The zero-order valence-electron chi connectivity index (χ0n) is 23.0. The normalized spacial score (nSPS) is 12.8. The summed E-state index contributed by atoms with van der Waals surface area (Å²) in [4.78, 5) is 41.4. The van der Waals surface area contributed by atoms with Gasteiger partial charge in [0.25, 0.3) is 5.91 Å². The molecule has 0 radical (unpaired) electrons. The lowest BCUT2D eigenvalue weighted by molar-refractivity contribution is -0.139. The van der Waals surface area contributed by atoms with E-state index in [1.165, 1.54) is 4.90 Å². The number of anilines is 1. The minimum atomic E-state index is -0.923. The number of ether oxygens (including phenoxy) is 2. The van der Waals surface area contributed by atoms with Crippen LogP contribution in [0.1, 0.15) is 49.9 Å². The number of hydrogen-bond donors (Lipinski definition) is 2. The van der Waals surface area contributed by atoms with E-state index in [0.29, 0.717) is 23.6 Å². The van der Waals surface area contributed by atoms with Gasteiger partial charge in [-0.3, -0.25) is 9.59 Å². The maximum Gasteiger partial charge on any atom is 0.408 e. The molecule has 0 aliphatic rings. The Kier molecular flexibility index (Phi) is 10.9. The van der Waals surface area contributed by atoms with Crippen LogP contribution in [0.4, 0.5) is 10.5 Å². The van der Waals surface area contributed by atoms with Crippen LogP contribution in [0.25, 0.3) is 0 Å². The molecule has 0 fully saturated rings. The van der Waals surface area contributed by atoms with E-state index in [1.807, 2.05) is 38.3 Å². The lowest BCUT2D eigenvalue weighted by Gasteiger charge is -2.33. The molecule has 2 rings (SSSR count). The molecule has 0 aromatic heterocycles. The molecule has 0 aliphatic carbocycles. The Labute approximate surface area is 224 Å². The first-order chi connectivity index (χ1) is 17.4. The van der Waals surface area contributed by atoms with Gasteiger partial charge in [0.05, 0.1) is 7.11 Å². The van der Waals surface area contributed by atoms with Crippen LogP contribution in [0.5, 0.6) is 5.75 Å². The molecule has 0 aliphatic heterocycles. The lowest BCUT2D eigenvalue weighted by atomic mass is 9.94. The molecule has 9 heteroatoms. The van der Waals surface area contributed by atoms with Crippen molar-refractivity contribution in [1.29, 1.82) is 0 Å². The fourth-order valence-electron chi connectivity index (χ4n) is 3.96. The number of aryl methyl sites for hydroxylation is 2. The Morgan fingerprint density at radius 2 is 1.62 bits per heavy atom. The van der Waals surface area contributed by atoms with Crippen LogP contribution in [0.15, 0.2) is 42.5 Å². The van der Waals surface area contributed by atoms with Crippen LogP contribution >= 0.6 is 11.8 Å². The highest BCUT2D eigenvalue weighted by molar-refractivity contribution is 7.98. The molecule has 202 valence electrons. The smallest absolute Gasteiger partial charge is 0.408 e. The predicted octanol–water partition coefficient (Wildman–Crippen LogP) is 5.10. The first-order valence-corrected chi connectivity index (χ1v) is 13.5. The van der Waals surface area contributed by atoms with Crippen molar-refractivity contribution in [3.05, 3.63) is 59.2 Å². The van der Waals surface area contributed by atoms with Gasteiger partial charge in [-0.25, -0.2) is 4.79 Å². The minimum absolute atomic E-state index is 0.362. The van der Waals surface area contributed by atoms with Crippen LogP contribution in [-0.4, -0.2) is 60.6 Å². The number of amides is 3. The third-order valence-electron chi connectivity index (χ3n) is 5.76. The maximum absolute atomic E-state index is 13.8. The summed E-state index contributed by atoms with van der Waals surface area (Å²) in [7, 11) is 3.17. The van der Waals surface area contributed by atoms with Gasteiger partial charge in [0, 0.05) is 12.7 Å².